The number of aliphatic imine (C=N–C) groups is 1. The number of nitrogens with zero attached hydrogens (tertiary/aromatic N) is 3. The lowest BCUT2D eigenvalue weighted by atomic mass is 10.2. The summed E-state index contributed by atoms with van der Waals surface area (Å²) in [7, 11) is 0. The van der Waals surface area contributed by atoms with Crippen molar-refractivity contribution in [2.75, 3.05) is 4.90 Å². The van der Waals surface area contributed by atoms with Crippen molar-refractivity contribution in [3.05, 3.63) is 80.9 Å². The minimum Gasteiger partial charge on any atom is -0.402 e. The molecule has 0 N–H and O–H groups in total. The Morgan fingerprint density at radius 3 is 2.63 bits per heavy atom. The SMILES string of the molecule is CC(=O)N(c1ccccc1)c1nc(C=C2N=C(c3ccc(Cl)cc3Cl)OC2=O)cs1. The van der Waals surface area contributed by atoms with E-state index in [-0.39, 0.29) is 17.5 Å². The van der Waals surface area contributed by atoms with E-state index in [1.54, 1.807) is 23.6 Å². The molecule has 0 saturated heterocycles. The van der Waals surface area contributed by atoms with Gasteiger partial charge >= 0.3 is 5.97 Å². The molecule has 3 aromatic rings. The Morgan fingerprint density at radius 1 is 1.17 bits per heavy atom. The molecule has 1 aliphatic heterocycles. The summed E-state index contributed by atoms with van der Waals surface area (Å²) in [6, 6.07) is 14.0. The van der Waals surface area contributed by atoms with Gasteiger partial charge in [0.05, 0.1) is 22.0 Å². The van der Waals surface area contributed by atoms with Gasteiger partial charge in [0.15, 0.2) is 10.8 Å². The van der Waals surface area contributed by atoms with Gasteiger partial charge in [-0.2, -0.15) is 0 Å². The molecule has 6 nitrogen and oxygen atoms in total. The first-order valence-electron chi connectivity index (χ1n) is 8.71. The monoisotopic (exact) mass is 457 g/mol. The van der Waals surface area contributed by atoms with Gasteiger partial charge in [-0.25, -0.2) is 14.8 Å². The quantitative estimate of drug-likeness (QED) is 0.384. The van der Waals surface area contributed by atoms with Crippen molar-refractivity contribution in [2.45, 2.75) is 6.92 Å². The normalized spacial score (nSPS) is 14.6. The first kappa shape index (κ1) is 20.3. The van der Waals surface area contributed by atoms with Crippen molar-refractivity contribution in [1.82, 2.24) is 4.98 Å². The van der Waals surface area contributed by atoms with Crippen LogP contribution in [0.2, 0.25) is 10.0 Å². The molecular weight excluding hydrogens is 445 g/mol. The Morgan fingerprint density at radius 2 is 1.93 bits per heavy atom. The van der Waals surface area contributed by atoms with E-state index in [2.05, 4.69) is 9.98 Å². The van der Waals surface area contributed by atoms with E-state index in [1.807, 2.05) is 30.3 Å². The van der Waals surface area contributed by atoms with Crippen molar-refractivity contribution in [2.24, 2.45) is 4.99 Å². The average molecular weight is 458 g/mol. The van der Waals surface area contributed by atoms with Crippen LogP contribution in [0.15, 0.2) is 64.6 Å². The van der Waals surface area contributed by atoms with Crippen LogP contribution in [0, 0.1) is 0 Å². The fourth-order valence-corrected chi connectivity index (χ4v) is 4.11. The number of ether oxygens (including phenoxy) is 1. The zero-order valence-corrected chi connectivity index (χ0v) is 17.8. The minimum absolute atomic E-state index is 0.0851. The molecular formula is C21H13Cl2N3O3S. The summed E-state index contributed by atoms with van der Waals surface area (Å²) < 4.78 is 5.24. The lowest BCUT2D eigenvalue weighted by Crippen LogP contribution is -2.22. The fraction of sp³-hybridized carbons (Fsp3) is 0.0476. The summed E-state index contributed by atoms with van der Waals surface area (Å²) in [5.74, 6) is -0.692. The number of esters is 1. The molecule has 0 spiro atoms. The highest BCUT2D eigenvalue weighted by Crippen LogP contribution is 2.30. The Balaban J connectivity index is 1.64. The molecule has 0 bridgehead atoms. The lowest BCUT2D eigenvalue weighted by Gasteiger charge is -2.17. The van der Waals surface area contributed by atoms with E-state index in [0.29, 0.717) is 32.1 Å². The zero-order chi connectivity index (χ0) is 21.3. The van der Waals surface area contributed by atoms with Crippen LogP contribution in [-0.4, -0.2) is 22.8 Å². The minimum atomic E-state index is -0.614. The predicted octanol–water partition coefficient (Wildman–Crippen LogP) is 5.48. The van der Waals surface area contributed by atoms with Crippen LogP contribution in [-0.2, 0) is 14.3 Å². The number of halogens is 2. The maximum Gasteiger partial charge on any atom is 0.363 e. The van der Waals surface area contributed by atoms with E-state index in [0.717, 1.165) is 0 Å². The number of anilines is 2. The highest BCUT2D eigenvalue weighted by molar-refractivity contribution is 7.14. The van der Waals surface area contributed by atoms with Gasteiger partial charge < -0.3 is 4.74 Å². The van der Waals surface area contributed by atoms with Gasteiger partial charge in [0.2, 0.25) is 11.8 Å². The molecule has 0 unspecified atom stereocenters. The molecule has 2 heterocycles. The van der Waals surface area contributed by atoms with Gasteiger partial charge in [-0.1, -0.05) is 41.4 Å². The van der Waals surface area contributed by atoms with Gasteiger partial charge in [0.1, 0.15) is 0 Å². The van der Waals surface area contributed by atoms with Crippen LogP contribution in [0.3, 0.4) is 0 Å². The van der Waals surface area contributed by atoms with Crippen LogP contribution in [0.1, 0.15) is 18.2 Å². The van der Waals surface area contributed by atoms with Gasteiger partial charge in [0.25, 0.3) is 0 Å². The smallest absolute Gasteiger partial charge is 0.363 e. The number of amides is 1. The Bertz CT molecular complexity index is 1210. The van der Waals surface area contributed by atoms with Crippen LogP contribution in [0.5, 0.6) is 0 Å². The van der Waals surface area contributed by atoms with Crippen molar-refractivity contribution >= 4 is 69.2 Å². The van der Waals surface area contributed by atoms with E-state index in [1.165, 1.54) is 29.2 Å². The molecule has 1 aliphatic rings. The molecule has 0 saturated carbocycles. The highest BCUT2D eigenvalue weighted by Gasteiger charge is 2.26. The third-order valence-electron chi connectivity index (χ3n) is 4.10. The molecule has 1 aromatic heterocycles. The van der Waals surface area contributed by atoms with Crippen molar-refractivity contribution in [3.63, 3.8) is 0 Å². The van der Waals surface area contributed by atoms with Crippen molar-refractivity contribution in [3.8, 4) is 0 Å². The molecule has 30 heavy (non-hydrogen) atoms. The number of benzene rings is 2. The second kappa shape index (κ2) is 8.39. The van der Waals surface area contributed by atoms with Gasteiger partial charge in [0, 0.05) is 17.3 Å². The van der Waals surface area contributed by atoms with E-state index < -0.39 is 5.97 Å². The van der Waals surface area contributed by atoms with Crippen molar-refractivity contribution in [1.29, 1.82) is 0 Å². The zero-order valence-electron chi connectivity index (χ0n) is 15.5. The van der Waals surface area contributed by atoms with Gasteiger partial charge in [-0.05, 0) is 36.4 Å². The second-order valence-electron chi connectivity index (χ2n) is 6.21. The summed E-state index contributed by atoms with van der Waals surface area (Å²) in [6.07, 6.45) is 1.50. The molecule has 4 rings (SSSR count). The lowest BCUT2D eigenvalue weighted by molar-refractivity contribution is -0.130. The number of para-hydroxylation sites is 1. The average Bonchev–Trinajstić information content (AvgIpc) is 3.30. The number of carbonyl (C=O) groups excluding carboxylic acids is 2. The Labute approximate surface area is 186 Å². The summed E-state index contributed by atoms with van der Waals surface area (Å²) in [4.78, 5) is 34.6. The topological polar surface area (TPSA) is 71.9 Å². The number of carbonyl (C=O) groups is 2. The number of hydrogen-bond donors (Lipinski definition) is 0. The van der Waals surface area contributed by atoms with Crippen LogP contribution in [0.25, 0.3) is 6.08 Å². The molecule has 2 aromatic carbocycles. The van der Waals surface area contributed by atoms with Crippen LogP contribution >= 0.6 is 34.5 Å². The molecule has 0 fully saturated rings. The second-order valence-corrected chi connectivity index (χ2v) is 7.89. The van der Waals surface area contributed by atoms with E-state index in [4.69, 9.17) is 27.9 Å². The third kappa shape index (κ3) is 4.14. The number of hydrogen-bond acceptors (Lipinski definition) is 6. The third-order valence-corrected chi connectivity index (χ3v) is 5.49. The maximum absolute atomic E-state index is 12.2. The highest BCUT2D eigenvalue weighted by atomic mass is 35.5. The number of rotatable bonds is 4. The Kier molecular flexibility index (Phi) is 5.67. The predicted molar refractivity (Wildman–Crippen MR) is 118 cm³/mol. The van der Waals surface area contributed by atoms with Crippen molar-refractivity contribution < 1.29 is 14.3 Å². The maximum atomic E-state index is 12.2. The summed E-state index contributed by atoms with van der Waals surface area (Å²) in [5, 5.41) is 3.01. The van der Waals surface area contributed by atoms with Crippen LogP contribution in [0.4, 0.5) is 10.8 Å². The standard InChI is InChI=1S/C21H13Cl2N3O3S/c1-12(27)26(15-5-3-2-4-6-15)21-24-14(11-30-21)10-18-20(28)29-19(25-18)16-8-7-13(22)9-17(16)23/h2-11H,1H3. The molecule has 1 amide bonds. The number of cyclic esters (lactones) is 1. The molecule has 0 atom stereocenters. The number of aromatic nitrogens is 1. The largest absolute Gasteiger partial charge is 0.402 e. The summed E-state index contributed by atoms with van der Waals surface area (Å²) in [5.41, 5.74) is 1.73. The number of thiazole rings is 1. The molecule has 0 radical (unpaired) electrons. The van der Waals surface area contributed by atoms with Crippen LogP contribution < -0.4 is 4.90 Å². The first-order valence-corrected chi connectivity index (χ1v) is 10.3. The van der Waals surface area contributed by atoms with Gasteiger partial charge in [-0.3, -0.25) is 9.69 Å². The van der Waals surface area contributed by atoms with Gasteiger partial charge in [-0.15, -0.1) is 11.3 Å². The molecule has 9 heteroatoms. The Hall–Kier alpha value is -3.00. The van der Waals surface area contributed by atoms with E-state index in [9.17, 15) is 9.59 Å². The van der Waals surface area contributed by atoms with E-state index >= 15 is 0 Å². The summed E-state index contributed by atoms with van der Waals surface area (Å²) >= 11 is 13.4. The fourth-order valence-electron chi connectivity index (χ4n) is 2.78. The molecule has 0 aliphatic carbocycles. The molecule has 150 valence electrons. The first-order chi connectivity index (χ1) is 14.4. The summed E-state index contributed by atoms with van der Waals surface area (Å²) in [6.45, 7) is 1.47.